The monoisotopic (exact) mass is 787 g/mol. The Bertz CT molecular complexity index is 1680. The molecule has 0 bridgehead atoms. The zero-order valence-electron chi connectivity index (χ0n) is 30.2. The van der Waals surface area contributed by atoms with Crippen LogP contribution < -0.4 is 10.1 Å². The average molecular weight is 788 g/mol. The SMILES string of the molecule is CC(C)(C)OC(=O)NC(CCCc1ccc(Sc2cccc(OCc3ccccc3)c2)cc1Cl)(O[Si](C)(C)C(C)(C)C)C(O)C(F)(F)P(=O)(O)O. The Balaban J connectivity index is 1.87. The van der Waals surface area contributed by atoms with Crippen LogP contribution in [0.25, 0.3) is 0 Å². The number of aliphatic hydroxyl groups is 1. The van der Waals surface area contributed by atoms with Gasteiger partial charge in [-0.05, 0) is 99.6 Å². The number of alkyl halides is 2. The molecule has 0 fully saturated rings. The lowest BCUT2D eigenvalue weighted by Gasteiger charge is -2.49. The van der Waals surface area contributed by atoms with Gasteiger partial charge >= 0.3 is 19.4 Å². The highest BCUT2D eigenvalue weighted by Gasteiger charge is 2.65. The molecule has 0 aromatic heterocycles. The topological polar surface area (TPSA) is 135 Å². The van der Waals surface area contributed by atoms with Crippen molar-refractivity contribution in [1.82, 2.24) is 5.32 Å². The van der Waals surface area contributed by atoms with Gasteiger partial charge in [0.15, 0.2) is 20.1 Å². The summed E-state index contributed by atoms with van der Waals surface area (Å²) in [5, 5.41) is 13.3. The van der Waals surface area contributed by atoms with Crippen LogP contribution in [-0.4, -0.2) is 52.4 Å². The van der Waals surface area contributed by atoms with E-state index in [9.17, 15) is 24.3 Å². The first-order valence-corrected chi connectivity index (χ1v) is 22.1. The van der Waals surface area contributed by atoms with E-state index in [1.807, 2.05) is 81.4 Å². The number of hydrogen-bond acceptors (Lipinski definition) is 7. The van der Waals surface area contributed by atoms with Gasteiger partial charge in [-0.2, -0.15) is 8.78 Å². The van der Waals surface area contributed by atoms with Crippen molar-refractivity contribution in [3.63, 3.8) is 0 Å². The van der Waals surface area contributed by atoms with E-state index in [1.54, 1.807) is 46.0 Å². The highest BCUT2D eigenvalue weighted by molar-refractivity contribution is 7.99. The number of aliphatic hydroxyl groups excluding tert-OH is 1. The van der Waals surface area contributed by atoms with Gasteiger partial charge in [0.05, 0.1) is 0 Å². The number of ether oxygens (including phenoxy) is 2. The van der Waals surface area contributed by atoms with E-state index in [1.165, 1.54) is 11.8 Å². The summed E-state index contributed by atoms with van der Waals surface area (Å²) in [6.07, 6.45) is -4.59. The van der Waals surface area contributed by atoms with Crippen LogP contribution in [0, 0.1) is 0 Å². The van der Waals surface area contributed by atoms with Gasteiger partial charge in [0.25, 0.3) is 0 Å². The number of aryl methyl sites for hydroxylation is 1. The Hall–Kier alpha value is -2.48. The Kier molecular flexibility index (Phi) is 14.0. The molecule has 3 rings (SSSR count). The number of halogens is 3. The highest BCUT2D eigenvalue weighted by Crippen LogP contribution is 2.57. The molecule has 282 valence electrons. The lowest BCUT2D eigenvalue weighted by molar-refractivity contribution is -0.171. The van der Waals surface area contributed by atoms with Gasteiger partial charge in [-0.3, -0.25) is 9.88 Å². The first-order valence-electron chi connectivity index (χ1n) is 16.4. The summed E-state index contributed by atoms with van der Waals surface area (Å²) in [5.74, 6) is 0.710. The summed E-state index contributed by atoms with van der Waals surface area (Å²) >= 11 is 8.16. The maximum Gasteiger partial charge on any atom is 0.409 e. The minimum absolute atomic E-state index is 0.0196. The molecule has 51 heavy (non-hydrogen) atoms. The van der Waals surface area contributed by atoms with Crippen LogP contribution in [0.4, 0.5) is 13.6 Å². The molecule has 15 heteroatoms. The van der Waals surface area contributed by atoms with E-state index >= 15 is 8.78 Å². The first kappa shape index (κ1) is 42.9. The first-order chi connectivity index (χ1) is 23.4. The summed E-state index contributed by atoms with van der Waals surface area (Å²) in [7, 11) is -9.37. The number of amides is 1. The van der Waals surface area contributed by atoms with Crippen LogP contribution in [0.3, 0.4) is 0 Å². The zero-order valence-corrected chi connectivity index (χ0v) is 33.7. The van der Waals surface area contributed by atoms with E-state index in [4.69, 9.17) is 25.5 Å². The fourth-order valence-electron chi connectivity index (χ4n) is 4.76. The third-order valence-electron chi connectivity index (χ3n) is 8.42. The number of carbonyl (C=O) groups excluding carboxylic acids is 1. The molecule has 0 radical (unpaired) electrons. The lowest BCUT2D eigenvalue weighted by atomic mass is 9.97. The van der Waals surface area contributed by atoms with Crippen molar-refractivity contribution in [2.45, 2.75) is 118 Å². The van der Waals surface area contributed by atoms with Gasteiger partial charge in [0, 0.05) is 14.8 Å². The van der Waals surface area contributed by atoms with E-state index in [-0.39, 0.29) is 12.8 Å². The van der Waals surface area contributed by atoms with E-state index in [0.717, 1.165) is 15.4 Å². The molecule has 0 spiro atoms. The van der Waals surface area contributed by atoms with Gasteiger partial charge in [-0.1, -0.05) is 86.6 Å². The maximum atomic E-state index is 15.4. The van der Waals surface area contributed by atoms with Gasteiger partial charge in [-0.25, -0.2) is 4.79 Å². The molecule has 4 N–H and O–H groups in total. The number of rotatable bonds is 15. The van der Waals surface area contributed by atoms with E-state index in [2.05, 4.69) is 5.32 Å². The average Bonchev–Trinajstić information content (AvgIpc) is 2.99. The molecule has 0 saturated carbocycles. The van der Waals surface area contributed by atoms with Gasteiger partial charge in [-0.15, -0.1) is 0 Å². The normalized spacial score (nSPS) is 14.8. The maximum absolute atomic E-state index is 15.4. The fourth-order valence-corrected chi connectivity index (χ4v) is 8.02. The largest absolute Gasteiger partial charge is 0.489 e. The van der Waals surface area contributed by atoms with Crippen molar-refractivity contribution < 1.29 is 46.9 Å². The molecule has 9 nitrogen and oxygen atoms in total. The molecule has 0 saturated heterocycles. The molecule has 0 aliphatic rings. The molecule has 2 unspecified atom stereocenters. The Morgan fingerprint density at radius 3 is 2.16 bits per heavy atom. The molecule has 0 aliphatic heterocycles. The minimum atomic E-state index is -6.24. The molecule has 0 aliphatic carbocycles. The van der Waals surface area contributed by atoms with Crippen molar-refractivity contribution in [2.24, 2.45) is 0 Å². The van der Waals surface area contributed by atoms with Crippen LogP contribution in [0.15, 0.2) is 82.6 Å². The van der Waals surface area contributed by atoms with Crippen molar-refractivity contribution in [2.75, 3.05) is 0 Å². The van der Waals surface area contributed by atoms with Crippen molar-refractivity contribution >= 4 is 45.4 Å². The van der Waals surface area contributed by atoms with Crippen LogP contribution >= 0.6 is 31.0 Å². The number of hydrogen-bond donors (Lipinski definition) is 4. The van der Waals surface area contributed by atoms with E-state index in [0.29, 0.717) is 22.9 Å². The van der Waals surface area contributed by atoms with E-state index < -0.39 is 56.6 Å². The quantitative estimate of drug-likeness (QED) is 0.0675. The van der Waals surface area contributed by atoms with Crippen LogP contribution in [0.2, 0.25) is 23.2 Å². The summed E-state index contributed by atoms with van der Waals surface area (Å²) in [5.41, 5.74) is -6.99. The second-order valence-electron chi connectivity index (χ2n) is 14.9. The number of alkyl carbamates (subject to hydrolysis) is 1. The van der Waals surface area contributed by atoms with Gasteiger partial charge < -0.3 is 28.8 Å². The molecule has 2 atom stereocenters. The Morgan fingerprint density at radius 2 is 1.59 bits per heavy atom. The fraction of sp³-hybridized carbons (Fsp3) is 0.472. The smallest absolute Gasteiger partial charge is 0.409 e. The molecule has 1 amide bonds. The van der Waals surface area contributed by atoms with Crippen molar-refractivity contribution in [3.05, 3.63) is 88.9 Å². The number of benzene rings is 3. The number of carbonyl (C=O) groups is 1. The third kappa shape index (κ3) is 12.0. The molecular weight excluding hydrogens is 739 g/mol. The van der Waals surface area contributed by atoms with Gasteiger partial charge in [0.2, 0.25) is 0 Å². The highest BCUT2D eigenvalue weighted by atomic mass is 35.5. The second-order valence-corrected chi connectivity index (χ2v) is 22.8. The predicted molar refractivity (Wildman–Crippen MR) is 199 cm³/mol. The predicted octanol–water partition coefficient (Wildman–Crippen LogP) is 9.77. The zero-order chi connectivity index (χ0) is 38.5. The minimum Gasteiger partial charge on any atom is -0.489 e. The van der Waals surface area contributed by atoms with Crippen molar-refractivity contribution in [3.8, 4) is 5.75 Å². The molecule has 0 heterocycles. The standard InChI is InChI=1S/C36H49ClF2NO8PSSi/c1-33(2,3)47-32(42)40-35(48-51(7,8)34(4,5)6,31(41)36(38,39)49(43,44)45)21-13-16-26-19-20-29(23-30(26)37)50-28-18-12-17-27(22-28)46-24-25-14-10-9-11-15-25/h9-12,14-15,17-20,22-23,31,41H,13,16,21,24H2,1-8H3,(H,40,42)(H2,43,44,45). The summed E-state index contributed by atoms with van der Waals surface area (Å²) < 4.78 is 60.3. The van der Waals surface area contributed by atoms with Crippen LogP contribution in [0.5, 0.6) is 5.75 Å². The molecular formula is C36H49ClF2NO8PSSi. The summed E-state index contributed by atoms with van der Waals surface area (Å²) in [6, 6.07) is 22.9. The van der Waals surface area contributed by atoms with Crippen molar-refractivity contribution in [1.29, 1.82) is 0 Å². The second kappa shape index (κ2) is 16.7. The molecule has 3 aromatic rings. The summed E-state index contributed by atoms with van der Waals surface area (Å²) in [6.45, 7) is 14.0. The van der Waals surface area contributed by atoms with Crippen LogP contribution in [0.1, 0.15) is 65.5 Å². The third-order valence-corrected chi connectivity index (χ3v) is 15.3. The van der Waals surface area contributed by atoms with Crippen LogP contribution in [-0.2, 0) is 26.8 Å². The summed E-state index contributed by atoms with van der Waals surface area (Å²) in [4.78, 5) is 34.1. The number of nitrogens with one attached hydrogen (secondary N) is 1. The lowest BCUT2D eigenvalue weighted by Crippen LogP contribution is -2.68. The van der Waals surface area contributed by atoms with Gasteiger partial charge in [0.1, 0.15) is 18.0 Å². The Morgan fingerprint density at radius 1 is 0.961 bits per heavy atom. The molecule has 3 aromatic carbocycles. The Labute approximate surface area is 309 Å².